The van der Waals surface area contributed by atoms with E-state index in [2.05, 4.69) is 16.4 Å². The molecular weight excluding hydrogens is 150 g/mol. The molecule has 1 heterocycles. The second-order valence-electron chi connectivity index (χ2n) is 2.81. The van der Waals surface area contributed by atoms with Crippen molar-refractivity contribution >= 4 is 16.7 Å². The number of benzene rings is 1. The molecule has 2 aromatic rings. The van der Waals surface area contributed by atoms with E-state index in [1.54, 1.807) is 0 Å². The van der Waals surface area contributed by atoms with Crippen LogP contribution in [0.3, 0.4) is 0 Å². The summed E-state index contributed by atoms with van der Waals surface area (Å²) in [4.78, 5) is 4.25. The highest BCUT2D eigenvalue weighted by atomic mass is 15.0. The van der Waals surface area contributed by atoms with Gasteiger partial charge in [-0.05, 0) is 18.2 Å². The predicted octanol–water partition coefficient (Wildman–Crippen LogP) is 1.61. The van der Waals surface area contributed by atoms with Gasteiger partial charge in [0.05, 0.1) is 17.4 Å². The molecule has 0 bridgehead atoms. The van der Waals surface area contributed by atoms with Crippen molar-refractivity contribution in [3.8, 4) is 0 Å². The van der Waals surface area contributed by atoms with Crippen LogP contribution in [-0.4, -0.2) is 16.6 Å². The smallest absolute Gasteiger partial charge is 0.0955 e. The molecule has 1 aromatic heterocycles. The van der Waals surface area contributed by atoms with Crippen LogP contribution >= 0.6 is 0 Å². The van der Waals surface area contributed by atoms with Gasteiger partial charge in [-0.15, -0.1) is 0 Å². The quantitative estimate of drug-likeness (QED) is 0.688. The Morgan fingerprint density at radius 3 is 3.00 bits per heavy atom. The summed E-state index contributed by atoms with van der Waals surface area (Å²) in [6.07, 6.45) is 1.82. The van der Waals surface area contributed by atoms with Gasteiger partial charge < -0.3 is 9.88 Å². The molecule has 1 N–H and O–H groups in total. The number of anilines is 1. The van der Waals surface area contributed by atoms with E-state index in [4.69, 9.17) is 0 Å². The van der Waals surface area contributed by atoms with Gasteiger partial charge in [-0.25, -0.2) is 4.98 Å². The van der Waals surface area contributed by atoms with Crippen molar-refractivity contribution in [3.63, 3.8) is 0 Å². The summed E-state index contributed by atoms with van der Waals surface area (Å²) in [5.41, 5.74) is 3.29. The molecule has 3 nitrogen and oxygen atoms in total. The molecule has 12 heavy (non-hydrogen) atoms. The predicted molar refractivity (Wildman–Crippen MR) is 50.3 cm³/mol. The van der Waals surface area contributed by atoms with Crippen LogP contribution in [0.25, 0.3) is 11.0 Å². The lowest BCUT2D eigenvalue weighted by atomic mass is 10.3. The summed E-state index contributed by atoms with van der Waals surface area (Å²) in [6.45, 7) is 0. The number of nitrogens with zero attached hydrogens (tertiary/aromatic N) is 2. The minimum atomic E-state index is 1.03. The van der Waals surface area contributed by atoms with Crippen molar-refractivity contribution in [1.29, 1.82) is 0 Å². The highest BCUT2D eigenvalue weighted by Gasteiger charge is 1.98. The van der Waals surface area contributed by atoms with Crippen molar-refractivity contribution in [2.75, 3.05) is 12.4 Å². The fourth-order valence-corrected chi connectivity index (χ4v) is 1.29. The van der Waals surface area contributed by atoms with Gasteiger partial charge in [0.15, 0.2) is 0 Å². The van der Waals surface area contributed by atoms with E-state index >= 15 is 0 Å². The molecule has 0 aliphatic heterocycles. The van der Waals surface area contributed by atoms with Gasteiger partial charge in [-0.1, -0.05) is 0 Å². The maximum absolute atomic E-state index is 4.25. The molecule has 0 unspecified atom stereocenters. The van der Waals surface area contributed by atoms with Gasteiger partial charge in [0.2, 0.25) is 0 Å². The van der Waals surface area contributed by atoms with Gasteiger partial charge in [0, 0.05) is 19.8 Å². The van der Waals surface area contributed by atoms with Gasteiger partial charge in [0.1, 0.15) is 0 Å². The molecule has 0 spiro atoms. The Morgan fingerprint density at radius 1 is 1.42 bits per heavy atom. The van der Waals surface area contributed by atoms with E-state index in [1.165, 1.54) is 0 Å². The van der Waals surface area contributed by atoms with Crippen molar-refractivity contribution in [3.05, 3.63) is 24.5 Å². The standard InChI is InChI=1S/C9H11N3/c1-10-7-3-4-9-8(5-7)11-6-12(9)2/h3-6,10H,1-2H3. The lowest BCUT2D eigenvalue weighted by Gasteiger charge is -1.98. The number of aromatic nitrogens is 2. The molecule has 0 aliphatic rings. The molecular formula is C9H11N3. The van der Waals surface area contributed by atoms with Gasteiger partial charge in [-0.3, -0.25) is 0 Å². The number of imidazole rings is 1. The first-order valence-electron chi connectivity index (χ1n) is 3.90. The Kier molecular flexibility index (Phi) is 1.50. The molecule has 0 radical (unpaired) electrons. The van der Waals surface area contributed by atoms with Crippen LogP contribution in [0.4, 0.5) is 5.69 Å². The Bertz CT molecular complexity index is 403. The summed E-state index contributed by atoms with van der Waals surface area (Å²) in [5.74, 6) is 0. The average molecular weight is 161 g/mol. The van der Waals surface area contributed by atoms with Crippen molar-refractivity contribution in [1.82, 2.24) is 9.55 Å². The van der Waals surface area contributed by atoms with E-state index in [-0.39, 0.29) is 0 Å². The lowest BCUT2D eigenvalue weighted by molar-refractivity contribution is 0.948. The third-order valence-electron chi connectivity index (χ3n) is 2.01. The zero-order valence-electron chi connectivity index (χ0n) is 7.20. The molecule has 62 valence electrons. The summed E-state index contributed by atoms with van der Waals surface area (Å²) >= 11 is 0. The van der Waals surface area contributed by atoms with E-state index in [0.29, 0.717) is 0 Å². The molecule has 0 aliphatic carbocycles. The summed E-state index contributed by atoms with van der Waals surface area (Å²) in [7, 11) is 3.90. The van der Waals surface area contributed by atoms with Crippen LogP contribution < -0.4 is 5.32 Å². The summed E-state index contributed by atoms with van der Waals surface area (Å²) in [6, 6.07) is 6.15. The maximum atomic E-state index is 4.25. The third-order valence-corrected chi connectivity index (χ3v) is 2.01. The Hall–Kier alpha value is -1.51. The number of nitrogens with one attached hydrogen (secondary N) is 1. The van der Waals surface area contributed by atoms with Crippen LogP contribution in [0.2, 0.25) is 0 Å². The second kappa shape index (κ2) is 2.52. The number of hydrogen-bond acceptors (Lipinski definition) is 2. The van der Waals surface area contributed by atoms with Crippen LogP contribution in [0.5, 0.6) is 0 Å². The third kappa shape index (κ3) is 0.942. The molecule has 0 atom stereocenters. The lowest BCUT2D eigenvalue weighted by Crippen LogP contribution is -1.88. The molecule has 1 aromatic carbocycles. The second-order valence-corrected chi connectivity index (χ2v) is 2.81. The molecule has 3 heteroatoms. The number of hydrogen-bond donors (Lipinski definition) is 1. The highest BCUT2D eigenvalue weighted by molar-refractivity contribution is 5.79. The minimum absolute atomic E-state index is 1.03. The van der Waals surface area contributed by atoms with Gasteiger partial charge in [-0.2, -0.15) is 0 Å². The monoisotopic (exact) mass is 161 g/mol. The van der Waals surface area contributed by atoms with Crippen LogP contribution in [0, 0.1) is 0 Å². The zero-order valence-corrected chi connectivity index (χ0v) is 7.20. The molecule has 0 fully saturated rings. The van der Waals surface area contributed by atoms with Crippen LogP contribution in [0.1, 0.15) is 0 Å². The highest BCUT2D eigenvalue weighted by Crippen LogP contribution is 2.16. The first-order chi connectivity index (χ1) is 5.81. The maximum Gasteiger partial charge on any atom is 0.0955 e. The van der Waals surface area contributed by atoms with Crippen LogP contribution in [0.15, 0.2) is 24.5 Å². The van der Waals surface area contributed by atoms with Gasteiger partial charge >= 0.3 is 0 Å². The summed E-state index contributed by atoms with van der Waals surface area (Å²) in [5, 5.41) is 3.08. The van der Waals surface area contributed by atoms with E-state index in [0.717, 1.165) is 16.7 Å². The Labute approximate surface area is 71.0 Å². The normalized spacial score (nSPS) is 10.5. The van der Waals surface area contributed by atoms with Crippen LogP contribution in [-0.2, 0) is 7.05 Å². The Morgan fingerprint density at radius 2 is 2.25 bits per heavy atom. The van der Waals surface area contributed by atoms with Crippen molar-refractivity contribution in [2.24, 2.45) is 7.05 Å². The topological polar surface area (TPSA) is 29.9 Å². The minimum Gasteiger partial charge on any atom is -0.388 e. The fraction of sp³-hybridized carbons (Fsp3) is 0.222. The molecule has 2 rings (SSSR count). The molecule has 0 saturated carbocycles. The first kappa shape index (κ1) is 7.16. The number of fused-ring (bicyclic) bond motifs is 1. The zero-order chi connectivity index (χ0) is 8.55. The number of aryl methyl sites for hydroxylation is 1. The first-order valence-corrected chi connectivity index (χ1v) is 3.90. The summed E-state index contributed by atoms with van der Waals surface area (Å²) < 4.78 is 2.01. The average Bonchev–Trinajstić information content (AvgIpc) is 2.47. The van der Waals surface area contributed by atoms with E-state index < -0.39 is 0 Å². The molecule has 0 saturated heterocycles. The van der Waals surface area contributed by atoms with Crippen molar-refractivity contribution < 1.29 is 0 Å². The van der Waals surface area contributed by atoms with E-state index in [9.17, 15) is 0 Å². The Balaban J connectivity index is 2.69. The largest absolute Gasteiger partial charge is 0.388 e. The fourth-order valence-electron chi connectivity index (χ4n) is 1.29. The van der Waals surface area contributed by atoms with E-state index in [1.807, 2.05) is 37.1 Å². The van der Waals surface area contributed by atoms with Gasteiger partial charge in [0.25, 0.3) is 0 Å². The van der Waals surface area contributed by atoms with Crippen molar-refractivity contribution in [2.45, 2.75) is 0 Å². The molecule has 0 amide bonds. The number of rotatable bonds is 1. The SMILES string of the molecule is CNc1ccc2c(c1)ncn2C.